The van der Waals surface area contributed by atoms with E-state index in [9.17, 15) is 18.0 Å². The maximum atomic E-state index is 12.5. The van der Waals surface area contributed by atoms with Gasteiger partial charge in [-0.15, -0.1) is 0 Å². The first kappa shape index (κ1) is 19.3. The highest BCUT2D eigenvalue weighted by Crippen LogP contribution is 2.28. The van der Waals surface area contributed by atoms with E-state index in [2.05, 4.69) is 20.7 Å². The van der Waals surface area contributed by atoms with Crippen LogP contribution in [0.25, 0.3) is 11.3 Å². The van der Waals surface area contributed by atoms with Gasteiger partial charge in [0.2, 0.25) is 0 Å². The molecule has 5 nitrogen and oxygen atoms in total. The Morgan fingerprint density at radius 1 is 1.07 bits per heavy atom. The summed E-state index contributed by atoms with van der Waals surface area (Å²) in [5.74, 6) is -0.509. The third kappa shape index (κ3) is 4.46. The van der Waals surface area contributed by atoms with Gasteiger partial charge in [0.15, 0.2) is 0 Å². The minimum Gasteiger partial charge on any atom is -0.272 e. The number of H-pyrrole nitrogens is 1. The van der Waals surface area contributed by atoms with Gasteiger partial charge in [-0.1, -0.05) is 24.3 Å². The minimum atomic E-state index is -4.39. The first-order chi connectivity index (χ1) is 13.2. The van der Waals surface area contributed by atoms with Crippen LogP contribution in [0, 0.1) is 13.8 Å². The van der Waals surface area contributed by atoms with Gasteiger partial charge in [-0.25, -0.2) is 5.43 Å². The van der Waals surface area contributed by atoms with Crippen molar-refractivity contribution in [1.82, 2.24) is 15.6 Å². The summed E-state index contributed by atoms with van der Waals surface area (Å²) in [6.07, 6.45) is -3.13. The summed E-state index contributed by atoms with van der Waals surface area (Å²) >= 11 is 0. The number of carbonyl (C=O) groups is 1. The Labute approximate surface area is 159 Å². The van der Waals surface area contributed by atoms with E-state index in [-0.39, 0.29) is 5.69 Å². The Morgan fingerprint density at radius 3 is 2.43 bits per heavy atom. The average Bonchev–Trinajstić information content (AvgIpc) is 3.14. The number of hydrogen-bond donors (Lipinski definition) is 2. The Hall–Kier alpha value is -3.42. The topological polar surface area (TPSA) is 70.1 Å². The zero-order chi connectivity index (χ0) is 20.3. The quantitative estimate of drug-likeness (QED) is 0.513. The lowest BCUT2D eigenvalue weighted by atomic mass is 10.0. The second-order valence-corrected chi connectivity index (χ2v) is 6.28. The van der Waals surface area contributed by atoms with Crippen LogP contribution in [-0.2, 0) is 6.18 Å². The highest BCUT2D eigenvalue weighted by molar-refractivity contribution is 5.94. The van der Waals surface area contributed by atoms with Gasteiger partial charge in [0, 0.05) is 5.56 Å². The number of nitrogens with zero attached hydrogens (tertiary/aromatic N) is 2. The fraction of sp³-hybridized carbons (Fsp3) is 0.150. The molecular formula is C20H17F3N4O. The SMILES string of the molecule is Cc1ccc(-c2cc(C(=O)N/N=C/c3ccc(C(F)(F)F)cc3)[nH]n2)cc1C. The van der Waals surface area contributed by atoms with E-state index in [1.54, 1.807) is 6.07 Å². The molecule has 0 spiro atoms. The maximum absolute atomic E-state index is 12.5. The number of hydrazone groups is 1. The Morgan fingerprint density at radius 2 is 1.79 bits per heavy atom. The number of aryl methyl sites for hydroxylation is 2. The van der Waals surface area contributed by atoms with Gasteiger partial charge < -0.3 is 0 Å². The normalized spacial score (nSPS) is 11.8. The predicted molar refractivity (Wildman–Crippen MR) is 100 cm³/mol. The Bertz CT molecular complexity index is 1020. The predicted octanol–water partition coefficient (Wildman–Crippen LogP) is 4.48. The number of carbonyl (C=O) groups excluding carboxylic acids is 1. The van der Waals surface area contributed by atoms with Crippen molar-refractivity contribution in [3.8, 4) is 11.3 Å². The number of benzene rings is 2. The van der Waals surface area contributed by atoms with Crippen molar-refractivity contribution in [2.75, 3.05) is 0 Å². The molecule has 2 aromatic carbocycles. The van der Waals surface area contributed by atoms with Crippen molar-refractivity contribution in [1.29, 1.82) is 0 Å². The van der Waals surface area contributed by atoms with E-state index in [0.29, 0.717) is 11.3 Å². The van der Waals surface area contributed by atoms with Crippen molar-refractivity contribution in [2.45, 2.75) is 20.0 Å². The highest BCUT2D eigenvalue weighted by Gasteiger charge is 2.29. The summed E-state index contributed by atoms with van der Waals surface area (Å²) in [4.78, 5) is 12.1. The molecule has 0 atom stereocenters. The van der Waals surface area contributed by atoms with Crippen molar-refractivity contribution >= 4 is 12.1 Å². The van der Waals surface area contributed by atoms with Crippen molar-refractivity contribution in [3.05, 3.63) is 76.5 Å². The van der Waals surface area contributed by atoms with Crippen LogP contribution in [0.5, 0.6) is 0 Å². The van der Waals surface area contributed by atoms with Crippen LogP contribution in [0.4, 0.5) is 13.2 Å². The molecule has 0 saturated heterocycles. The van der Waals surface area contributed by atoms with E-state index in [1.807, 2.05) is 32.0 Å². The zero-order valence-electron chi connectivity index (χ0n) is 15.1. The van der Waals surface area contributed by atoms with Gasteiger partial charge >= 0.3 is 6.18 Å². The molecule has 0 fully saturated rings. The minimum absolute atomic E-state index is 0.220. The number of aromatic amines is 1. The van der Waals surface area contributed by atoms with Crippen LogP contribution >= 0.6 is 0 Å². The average molecular weight is 386 g/mol. The first-order valence-electron chi connectivity index (χ1n) is 8.38. The first-order valence-corrected chi connectivity index (χ1v) is 8.38. The monoisotopic (exact) mass is 386 g/mol. The van der Waals surface area contributed by atoms with Crippen molar-refractivity contribution < 1.29 is 18.0 Å². The number of aromatic nitrogens is 2. The second-order valence-electron chi connectivity index (χ2n) is 6.28. The largest absolute Gasteiger partial charge is 0.416 e. The lowest BCUT2D eigenvalue weighted by Gasteiger charge is -2.05. The van der Waals surface area contributed by atoms with E-state index in [4.69, 9.17) is 0 Å². The number of amides is 1. The highest BCUT2D eigenvalue weighted by atomic mass is 19.4. The molecule has 0 unspecified atom stereocenters. The van der Waals surface area contributed by atoms with Gasteiger partial charge in [0.25, 0.3) is 5.91 Å². The number of halogens is 3. The molecule has 0 aliphatic rings. The lowest BCUT2D eigenvalue weighted by Crippen LogP contribution is -2.18. The van der Waals surface area contributed by atoms with Crippen LogP contribution in [0.15, 0.2) is 53.6 Å². The molecule has 144 valence electrons. The molecule has 0 aliphatic heterocycles. The third-order valence-corrected chi connectivity index (χ3v) is 4.24. The molecule has 1 amide bonds. The summed E-state index contributed by atoms with van der Waals surface area (Å²) in [7, 11) is 0. The molecule has 1 aromatic heterocycles. The summed E-state index contributed by atoms with van der Waals surface area (Å²) < 4.78 is 37.6. The van der Waals surface area contributed by atoms with Crippen LogP contribution in [0.3, 0.4) is 0 Å². The molecule has 8 heteroatoms. The van der Waals surface area contributed by atoms with E-state index in [1.165, 1.54) is 18.3 Å². The lowest BCUT2D eigenvalue weighted by molar-refractivity contribution is -0.137. The number of alkyl halides is 3. The van der Waals surface area contributed by atoms with E-state index >= 15 is 0 Å². The van der Waals surface area contributed by atoms with Crippen LogP contribution in [-0.4, -0.2) is 22.3 Å². The Balaban J connectivity index is 1.64. The van der Waals surface area contributed by atoms with Crippen molar-refractivity contribution in [3.63, 3.8) is 0 Å². The van der Waals surface area contributed by atoms with E-state index in [0.717, 1.165) is 28.8 Å². The smallest absolute Gasteiger partial charge is 0.272 e. The number of rotatable bonds is 4. The van der Waals surface area contributed by atoms with Crippen LogP contribution < -0.4 is 5.43 Å². The molecule has 1 heterocycles. The van der Waals surface area contributed by atoms with Crippen LogP contribution in [0.2, 0.25) is 0 Å². The Kier molecular flexibility index (Phi) is 5.30. The third-order valence-electron chi connectivity index (χ3n) is 4.24. The van der Waals surface area contributed by atoms with Gasteiger partial charge in [-0.05, 0) is 54.8 Å². The molecule has 28 heavy (non-hydrogen) atoms. The van der Waals surface area contributed by atoms with E-state index < -0.39 is 17.6 Å². The maximum Gasteiger partial charge on any atom is 0.416 e. The summed E-state index contributed by atoms with van der Waals surface area (Å²) in [5, 5.41) is 10.5. The molecule has 3 aromatic rings. The molecular weight excluding hydrogens is 369 g/mol. The standard InChI is InChI=1S/C20H17F3N4O/c1-12-3-6-15(9-13(12)2)17-10-18(26-25-17)19(28)27-24-11-14-4-7-16(8-5-14)20(21,22)23/h3-11H,1-2H3,(H,25,26)(H,27,28)/b24-11+. The number of hydrogen-bond acceptors (Lipinski definition) is 3. The van der Waals surface area contributed by atoms with Gasteiger partial charge in [0.1, 0.15) is 5.69 Å². The van der Waals surface area contributed by atoms with Crippen molar-refractivity contribution in [2.24, 2.45) is 5.10 Å². The zero-order valence-corrected chi connectivity index (χ0v) is 15.1. The second kappa shape index (κ2) is 7.67. The molecule has 0 aliphatic carbocycles. The van der Waals surface area contributed by atoms with Gasteiger partial charge in [-0.3, -0.25) is 9.89 Å². The summed E-state index contributed by atoms with van der Waals surface area (Å²) in [5.41, 5.74) is 6.00. The molecule has 2 N–H and O–H groups in total. The van der Waals surface area contributed by atoms with Gasteiger partial charge in [0.05, 0.1) is 17.5 Å². The fourth-order valence-corrected chi connectivity index (χ4v) is 2.47. The molecule has 0 radical (unpaired) electrons. The van der Waals surface area contributed by atoms with Gasteiger partial charge in [-0.2, -0.15) is 23.4 Å². The fourth-order valence-electron chi connectivity index (χ4n) is 2.47. The summed E-state index contributed by atoms with van der Waals surface area (Å²) in [6, 6.07) is 11.9. The molecule has 0 saturated carbocycles. The summed E-state index contributed by atoms with van der Waals surface area (Å²) in [6.45, 7) is 4.01. The van der Waals surface area contributed by atoms with Crippen LogP contribution in [0.1, 0.15) is 32.7 Å². The molecule has 0 bridgehead atoms. The number of nitrogens with one attached hydrogen (secondary N) is 2. The molecule has 3 rings (SSSR count).